The number of carbonyl (C=O) groups excluding carboxylic acids is 1. The van der Waals surface area contributed by atoms with E-state index in [0.717, 1.165) is 36.9 Å². The van der Waals surface area contributed by atoms with Crippen LogP contribution in [0.3, 0.4) is 0 Å². The van der Waals surface area contributed by atoms with E-state index in [1.807, 2.05) is 42.5 Å². The maximum atomic E-state index is 13.3. The summed E-state index contributed by atoms with van der Waals surface area (Å²) in [6.07, 6.45) is 8.25. The first kappa shape index (κ1) is 27.1. The van der Waals surface area contributed by atoms with Crippen LogP contribution in [0.1, 0.15) is 48.7 Å². The molecule has 212 valence electrons. The molecule has 0 unspecified atom stereocenters. The van der Waals surface area contributed by atoms with Crippen LogP contribution in [0.4, 0.5) is 5.82 Å². The van der Waals surface area contributed by atoms with Crippen LogP contribution in [0.2, 0.25) is 0 Å². The molecule has 1 amide bonds. The van der Waals surface area contributed by atoms with Gasteiger partial charge in [0.05, 0.1) is 12.9 Å². The molecule has 1 aliphatic heterocycles. The second-order valence-electron chi connectivity index (χ2n) is 10.5. The van der Waals surface area contributed by atoms with Crippen LogP contribution >= 0.6 is 0 Å². The lowest BCUT2D eigenvalue weighted by Crippen LogP contribution is -2.46. The molecule has 0 saturated carbocycles. The van der Waals surface area contributed by atoms with Crippen molar-refractivity contribution in [3.63, 3.8) is 0 Å². The van der Waals surface area contributed by atoms with Gasteiger partial charge in [0.15, 0.2) is 23.2 Å². The summed E-state index contributed by atoms with van der Waals surface area (Å²) < 4.78 is 7.70. The summed E-state index contributed by atoms with van der Waals surface area (Å²) in [5, 5.41) is 27.1. The van der Waals surface area contributed by atoms with Gasteiger partial charge < -0.3 is 25.6 Å². The highest BCUT2D eigenvalue weighted by Crippen LogP contribution is 2.33. The molecule has 41 heavy (non-hydrogen) atoms. The van der Waals surface area contributed by atoms with Gasteiger partial charge in [-0.1, -0.05) is 54.1 Å². The Bertz CT molecular complexity index is 1520. The zero-order valence-electron chi connectivity index (χ0n) is 22.7. The van der Waals surface area contributed by atoms with E-state index in [2.05, 4.69) is 31.7 Å². The van der Waals surface area contributed by atoms with Crippen LogP contribution in [0.5, 0.6) is 0 Å². The van der Waals surface area contributed by atoms with Gasteiger partial charge in [-0.2, -0.15) is 0 Å². The number of aliphatic hydroxyl groups excluding tert-OH is 2. The Hall–Kier alpha value is -4.12. The second kappa shape index (κ2) is 12.2. The molecule has 0 bridgehead atoms. The molecule has 4 N–H and O–H groups in total. The monoisotopic (exact) mass is 554 g/mol. The number of hydrogen-bond donors (Lipinski definition) is 4. The molecule has 10 heteroatoms. The van der Waals surface area contributed by atoms with Crippen LogP contribution in [0.25, 0.3) is 22.3 Å². The van der Waals surface area contributed by atoms with E-state index in [1.165, 1.54) is 24.7 Å². The van der Waals surface area contributed by atoms with Gasteiger partial charge in [0.25, 0.3) is 5.91 Å². The third kappa shape index (κ3) is 5.72. The Balaban J connectivity index is 1.20. The standard InChI is InChI=1S/C31H34N6O4/c38-17-24-27(39)25(36-30(40)23-13-11-22(12-14-23)21-9-5-2-6-10-21)31(41-24)37-19-35-26-28(33-18-34-29(26)37)32-16-15-20-7-3-1-4-8-20/h2,5-7,9-14,18-19,24-25,27,31,38-39H,1,3-4,8,15-17H2,(H,36,40)(H,32,33,34)/t24-,25-,27-,31-/m1/s1. The Labute approximate surface area is 238 Å². The van der Waals surface area contributed by atoms with Crippen molar-refractivity contribution in [2.45, 2.75) is 56.6 Å². The van der Waals surface area contributed by atoms with Crippen molar-refractivity contribution in [3.05, 3.63) is 84.5 Å². The largest absolute Gasteiger partial charge is 0.394 e. The zero-order valence-corrected chi connectivity index (χ0v) is 22.7. The summed E-state index contributed by atoms with van der Waals surface area (Å²) in [6, 6.07) is 16.3. The molecule has 4 atom stereocenters. The van der Waals surface area contributed by atoms with Gasteiger partial charge in [0.1, 0.15) is 24.6 Å². The van der Waals surface area contributed by atoms with Crippen LogP contribution in [-0.2, 0) is 4.74 Å². The minimum Gasteiger partial charge on any atom is -0.394 e. The number of benzene rings is 2. The highest BCUT2D eigenvalue weighted by atomic mass is 16.5. The predicted octanol–water partition coefficient (Wildman–Crippen LogP) is 3.84. The third-order valence-electron chi connectivity index (χ3n) is 7.86. The number of nitrogens with zero attached hydrogens (tertiary/aromatic N) is 4. The summed E-state index contributed by atoms with van der Waals surface area (Å²) in [7, 11) is 0. The average molecular weight is 555 g/mol. The van der Waals surface area contributed by atoms with Crippen molar-refractivity contribution >= 4 is 22.9 Å². The number of carbonyl (C=O) groups is 1. The average Bonchev–Trinajstić information content (AvgIpc) is 3.59. The van der Waals surface area contributed by atoms with Crippen molar-refractivity contribution in [1.29, 1.82) is 0 Å². The van der Waals surface area contributed by atoms with E-state index >= 15 is 0 Å². The zero-order chi connectivity index (χ0) is 28.2. The number of ether oxygens (including phenoxy) is 1. The molecule has 3 heterocycles. The van der Waals surface area contributed by atoms with Crippen LogP contribution in [-0.4, -0.2) is 67.0 Å². The molecule has 4 aromatic rings. The molecule has 1 saturated heterocycles. The van der Waals surface area contributed by atoms with Gasteiger partial charge in [0, 0.05) is 12.1 Å². The lowest BCUT2D eigenvalue weighted by atomic mass is 9.97. The fraction of sp³-hybridized carbons (Fsp3) is 0.355. The number of anilines is 1. The fourth-order valence-corrected chi connectivity index (χ4v) is 5.61. The summed E-state index contributed by atoms with van der Waals surface area (Å²) in [5.74, 6) is 0.251. The molecule has 2 aromatic heterocycles. The summed E-state index contributed by atoms with van der Waals surface area (Å²) in [5.41, 5.74) is 5.03. The number of nitrogens with one attached hydrogen (secondary N) is 2. The lowest BCUT2D eigenvalue weighted by molar-refractivity contribution is -0.0440. The summed E-state index contributed by atoms with van der Waals surface area (Å²) >= 11 is 0. The molecule has 2 aliphatic rings. The maximum absolute atomic E-state index is 13.3. The van der Waals surface area contributed by atoms with Crippen molar-refractivity contribution in [1.82, 2.24) is 24.8 Å². The van der Waals surface area contributed by atoms with Gasteiger partial charge in [-0.05, 0) is 55.4 Å². The van der Waals surface area contributed by atoms with Crippen molar-refractivity contribution < 1.29 is 19.7 Å². The van der Waals surface area contributed by atoms with Crippen molar-refractivity contribution in [3.8, 4) is 11.1 Å². The Kier molecular flexibility index (Phi) is 8.04. The topological polar surface area (TPSA) is 134 Å². The number of imidazole rings is 1. The number of amides is 1. The Morgan fingerprint density at radius 1 is 1.02 bits per heavy atom. The van der Waals surface area contributed by atoms with Gasteiger partial charge in [-0.3, -0.25) is 9.36 Å². The molecule has 0 spiro atoms. The normalized spacial score (nSPS) is 22.4. The number of allylic oxidation sites excluding steroid dienone is 1. The third-order valence-corrected chi connectivity index (χ3v) is 7.86. The number of fused-ring (bicyclic) bond motifs is 1. The molecular weight excluding hydrogens is 520 g/mol. The summed E-state index contributed by atoms with van der Waals surface area (Å²) in [6.45, 7) is 0.331. The SMILES string of the molecule is O=C(N[C@@H]1[C@H](O)[C@@H](CO)O[C@H]1n1cnc2c(NCCC3=CCCCC3)ncnc21)c1ccc(-c2ccccc2)cc1. The highest BCUT2D eigenvalue weighted by molar-refractivity contribution is 5.95. The lowest BCUT2D eigenvalue weighted by Gasteiger charge is -2.23. The van der Waals surface area contributed by atoms with E-state index < -0.39 is 31.1 Å². The van der Waals surface area contributed by atoms with Crippen LogP contribution in [0, 0.1) is 0 Å². The number of aliphatic hydroxyl groups is 2. The van der Waals surface area contributed by atoms with Gasteiger partial charge >= 0.3 is 0 Å². The van der Waals surface area contributed by atoms with Crippen LogP contribution in [0.15, 0.2) is 78.9 Å². The molecule has 1 aliphatic carbocycles. The van der Waals surface area contributed by atoms with Crippen molar-refractivity contribution in [2.75, 3.05) is 18.5 Å². The van der Waals surface area contributed by atoms with Crippen molar-refractivity contribution in [2.24, 2.45) is 0 Å². The predicted molar refractivity (Wildman–Crippen MR) is 155 cm³/mol. The minimum atomic E-state index is -1.14. The summed E-state index contributed by atoms with van der Waals surface area (Å²) in [4.78, 5) is 26.6. The van der Waals surface area contributed by atoms with E-state index in [0.29, 0.717) is 22.5 Å². The molecule has 6 rings (SSSR count). The minimum absolute atomic E-state index is 0.362. The molecule has 1 fully saturated rings. The number of rotatable bonds is 9. The Morgan fingerprint density at radius 3 is 2.59 bits per heavy atom. The van der Waals surface area contributed by atoms with Gasteiger partial charge in [-0.15, -0.1) is 0 Å². The van der Waals surface area contributed by atoms with E-state index in [1.54, 1.807) is 23.0 Å². The number of hydrogen-bond acceptors (Lipinski definition) is 8. The second-order valence-corrected chi connectivity index (χ2v) is 10.5. The van der Waals surface area contributed by atoms with E-state index in [9.17, 15) is 15.0 Å². The van der Waals surface area contributed by atoms with E-state index in [4.69, 9.17) is 4.74 Å². The first-order chi connectivity index (χ1) is 20.1. The molecule has 10 nitrogen and oxygen atoms in total. The highest BCUT2D eigenvalue weighted by Gasteiger charge is 2.46. The fourth-order valence-electron chi connectivity index (χ4n) is 5.61. The van der Waals surface area contributed by atoms with Gasteiger partial charge in [-0.25, -0.2) is 15.0 Å². The molecule has 0 radical (unpaired) electrons. The molecular formula is C31H34N6O4. The first-order valence-corrected chi connectivity index (χ1v) is 14.1. The Morgan fingerprint density at radius 2 is 1.83 bits per heavy atom. The molecule has 2 aromatic carbocycles. The van der Waals surface area contributed by atoms with Gasteiger partial charge in [0.2, 0.25) is 0 Å². The number of aromatic nitrogens is 4. The van der Waals surface area contributed by atoms with Crippen LogP contribution < -0.4 is 10.6 Å². The van der Waals surface area contributed by atoms with E-state index in [-0.39, 0.29) is 5.91 Å². The quantitative estimate of drug-likeness (QED) is 0.229. The first-order valence-electron chi connectivity index (χ1n) is 14.1. The maximum Gasteiger partial charge on any atom is 0.251 e. The smallest absolute Gasteiger partial charge is 0.251 e.